The summed E-state index contributed by atoms with van der Waals surface area (Å²) in [6.07, 6.45) is 6.25. The number of pyridine rings is 2. The van der Waals surface area contributed by atoms with Gasteiger partial charge in [-0.3, -0.25) is 14.6 Å². The lowest BCUT2D eigenvalue weighted by Crippen LogP contribution is -2.25. The summed E-state index contributed by atoms with van der Waals surface area (Å²) in [5.74, 6) is -0.321. The molecule has 0 unspecified atom stereocenters. The van der Waals surface area contributed by atoms with Crippen molar-refractivity contribution in [3.05, 3.63) is 60.4 Å². The molecular formula is C22H23N3O3. The molecular weight excluding hydrogens is 354 g/mol. The summed E-state index contributed by atoms with van der Waals surface area (Å²) in [5, 5.41) is 3.80. The maximum absolute atomic E-state index is 12.8. The number of fused-ring (bicyclic) bond motifs is 1. The fourth-order valence-corrected chi connectivity index (χ4v) is 3.00. The number of para-hydroxylation sites is 1. The Morgan fingerprint density at radius 1 is 1.04 bits per heavy atom. The van der Waals surface area contributed by atoms with Crippen LogP contribution < -0.4 is 5.32 Å². The molecule has 3 rings (SSSR count). The monoisotopic (exact) mass is 377 g/mol. The zero-order chi connectivity index (χ0) is 19.8. The van der Waals surface area contributed by atoms with Crippen LogP contribution in [0, 0.1) is 0 Å². The molecule has 6 heteroatoms. The Morgan fingerprint density at radius 3 is 2.61 bits per heavy atom. The Hall–Kier alpha value is -3.28. The maximum atomic E-state index is 12.8. The van der Waals surface area contributed by atoms with Crippen LogP contribution >= 0.6 is 0 Å². The third-order valence-electron chi connectivity index (χ3n) is 4.51. The fraction of sp³-hybridized carbons (Fsp3) is 0.273. The van der Waals surface area contributed by atoms with Crippen molar-refractivity contribution in [2.75, 3.05) is 13.7 Å². The first-order chi connectivity index (χ1) is 13.7. The number of esters is 1. The standard InChI is InChI=1S/C22H23N3O3/c1-28-21(26)9-3-2-6-12-24-22(27)18-15-20(16-10-13-23-14-11-16)25-19-8-5-4-7-17(18)19/h4-5,7-8,10-11,13-15H,2-3,6,9,12H2,1H3,(H,24,27). The van der Waals surface area contributed by atoms with E-state index in [1.54, 1.807) is 12.4 Å². The van der Waals surface area contributed by atoms with Crippen molar-refractivity contribution in [1.82, 2.24) is 15.3 Å². The Morgan fingerprint density at radius 2 is 1.82 bits per heavy atom. The van der Waals surface area contributed by atoms with Gasteiger partial charge in [0, 0.05) is 36.3 Å². The lowest BCUT2D eigenvalue weighted by molar-refractivity contribution is -0.140. The van der Waals surface area contributed by atoms with Gasteiger partial charge in [-0.1, -0.05) is 24.6 Å². The number of methoxy groups -OCH3 is 1. The van der Waals surface area contributed by atoms with E-state index in [2.05, 4.69) is 20.0 Å². The maximum Gasteiger partial charge on any atom is 0.305 e. The average molecular weight is 377 g/mol. The molecule has 0 saturated carbocycles. The molecule has 144 valence electrons. The first kappa shape index (κ1) is 19.5. The van der Waals surface area contributed by atoms with Crippen LogP contribution in [0.3, 0.4) is 0 Å². The number of carbonyl (C=O) groups excluding carboxylic acids is 2. The van der Waals surface area contributed by atoms with E-state index in [1.165, 1.54) is 7.11 Å². The van der Waals surface area contributed by atoms with Crippen LogP contribution in [0.1, 0.15) is 36.0 Å². The Kier molecular flexibility index (Phi) is 6.68. The van der Waals surface area contributed by atoms with E-state index >= 15 is 0 Å². The second kappa shape index (κ2) is 9.60. The van der Waals surface area contributed by atoms with Gasteiger partial charge in [0.25, 0.3) is 5.91 Å². The van der Waals surface area contributed by atoms with Crippen LogP contribution in [0.4, 0.5) is 0 Å². The summed E-state index contributed by atoms with van der Waals surface area (Å²) in [7, 11) is 1.39. The molecule has 3 aromatic rings. The molecule has 0 bridgehead atoms. The van der Waals surface area contributed by atoms with Crippen LogP contribution in [0.2, 0.25) is 0 Å². The highest BCUT2D eigenvalue weighted by atomic mass is 16.5. The van der Waals surface area contributed by atoms with Crippen LogP contribution in [-0.4, -0.2) is 35.5 Å². The Bertz CT molecular complexity index is 958. The van der Waals surface area contributed by atoms with Crippen molar-refractivity contribution in [3.63, 3.8) is 0 Å². The number of rotatable bonds is 8. The van der Waals surface area contributed by atoms with Gasteiger partial charge in [-0.25, -0.2) is 4.98 Å². The summed E-state index contributed by atoms with van der Waals surface area (Å²) in [4.78, 5) is 32.6. The van der Waals surface area contributed by atoms with Gasteiger partial charge in [-0.05, 0) is 37.1 Å². The largest absolute Gasteiger partial charge is 0.469 e. The van der Waals surface area contributed by atoms with E-state index < -0.39 is 0 Å². The van der Waals surface area contributed by atoms with Crippen LogP contribution in [0.5, 0.6) is 0 Å². The highest BCUT2D eigenvalue weighted by Gasteiger charge is 2.13. The zero-order valence-electron chi connectivity index (χ0n) is 15.9. The minimum atomic E-state index is -0.198. The second-order valence-corrected chi connectivity index (χ2v) is 6.45. The van der Waals surface area contributed by atoms with Gasteiger partial charge in [0.05, 0.1) is 23.9 Å². The lowest BCUT2D eigenvalue weighted by atomic mass is 10.0. The molecule has 1 N–H and O–H groups in total. The number of hydrogen-bond acceptors (Lipinski definition) is 5. The van der Waals surface area contributed by atoms with Crippen LogP contribution in [-0.2, 0) is 9.53 Å². The van der Waals surface area contributed by atoms with Crippen molar-refractivity contribution < 1.29 is 14.3 Å². The summed E-state index contributed by atoms with van der Waals surface area (Å²) < 4.78 is 4.62. The number of carbonyl (C=O) groups is 2. The number of nitrogens with zero attached hydrogens (tertiary/aromatic N) is 2. The molecule has 2 aromatic heterocycles. The SMILES string of the molecule is COC(=O)CCCCCNC(=O)c1cc(-c2ccncc2)nc2ccccc12. The summed E-state index contributed by atoms with van der Waals surface area (Å²) in [6, 6.07) is 13.2. The lowest BCUT2D eigenvalue weighted by Gasteiger charge is -2.10. The molecule has 1 aromatic carbocycles. The Balaban J connectivity index is 1.70. The van der Waals surface area contributed by atoms with Gasteiger partial charge in [-0.15, -0.1) is 0 Å². The summed E-state index contributed by atoms with van der Waals surface area (Å²) in [6.45, 7) is 0.557. The topological polar surface area (TPSA) is 81.2 Å². The number of benzene rings is 1. The van der Waals surface area contributed by atoms with Crippen molar-refractivity contribution in [3.8, 4) is 11.3 Å². The van der Waals surface area contributed by atoms with E-state index in [4.69, 9.17) is 0 Å². The molecule has 0 aliphatic heterocycles. The fourth-order valence-electron chi connectivity index (χ4n) is 3.00. The molecule has 1 amide bonds. The van der Waals surface area contributed by atoms with E-state index in [1.807, 2.05) is 42.5 Å². The molecule has 0 aliphatic rings. The van der Waals surface area contributed by atoms with Gasteiger partial charge < -0.3 is 10.1 Å². The predicted molar refractivity (Wildman–Crippen MR) is 108 cm³/mol. The molecule has 0 aliphatic carbocycles. The average Bonchev–Trinajstić information content (AvgIpc) is 2.75. The zero-order valence-corrected chi connectivity index (χ0v) is 15.9. The summed E-state index contributed by atoms with van der Waals surface area (Å²) >= 11 is 0. The van der Waals surface area contributed by atoms with E-state index in [0.29, 0.717) is 18.5 Å². The van der Waals surface area contributed by atoms with Gasteiger partial charge in [0.15, 0.2) is 0 Å². The molecule has 0 spiro atoms. The number of aromatic nitrogens is 2. The highest BCUT2D eigenvalue weighted by molar-refractivity contribution is 6.07. The molecule has 0 atom stereocenters. The van der Waals surface area contributed by atoms with Crippen LogP contribution in [0.25, 0.3) is 22.2 Å². The third-order valence-corrected chi connectivity index (χ3v) is 4.51. The number of unbranched alkanes of at least 4 members (excludes halogenated alkanes) is 2. The Labute approximate surface area is 164 Å². The molecule has 0 radical (unpaired) electrons. The van der Waals surface area contributed by atoms with Crippen molar-refractivity contribution >= 4 is 22.8 Å². The van der Waals surface area contributed by atoms with Gasteiger partial charge in [-0.2, -0.15) is 0 Å². The molecule has 0 fully saturated rings. The molecule has 2 heterocycles. The number of amides is 1. The molecule has 6 nitrogen and oxygen atoms in total. The minimum Gasteiger partial charge on any atom is -0.469 e. The van der Waals surface area contributed by atoms with Crippen LogP contribution in [0.15, 0.2) is 54.9 Å². The van der Waals surface area contributed by atoms with Gasteiger partial charge in [0.1, 0.15) is 0 Å². The molecule has 28 heavy (non-hydrogen) atoms. The predicted octanol–water partition coefficient (Wildman–Crippen LogP) is 3.76. The number of nitrogens with one attached hydrogen (secondary N) is 1. The van der Waals surface area contributed by atoms with E-state index in [0.717, 1.165) is 41.4 Å². The third kappa shape index (κ3) is 4.91. The first-order valence-corrected chi connectivity index (χ1v) is 9.34. The number of hydrogen-bond donors (Lipinski definition) is 1. The smallest absolute Gasteiger partial charge is 0.305 e. The second-order valence-electron chi connectivity index (χ2n) is 6.45. The normalized spacial score (nSPS) is 10.6. The van der Waals surface area contributed by atoms with E-state index in [9.17, 15) is 9.59 Å². The van der Waals surface area contributed by atoms with Crippen molar-refractivity contribution in [1.29, 1.82) is 0 Å². The first-order valence-electron chi connectivity index (χ1n) is 9.34. The molecule has 0 saturated heterocycles. The summed E-state index contributed by atoms with van der Waals surface area (Å²) in [5.41, 5.74) is 3.04. The number of ether oxygens (including phenoxy) is 1. The quantitative estimate of drug-likeness (QED) is 0.477. The highest BCUT2D eigenvalue weighted by Crippen LogP contribution is 2.24. The van der Waals surface area contributed by atoms with Gasteiger partial charge in [0.2, 0.25) is 0 Å². The van der Waals surface area contributed by atoms with Crippen molar-refractivity contribution in [2.24, 2.45) is 0 Å². The minimum absolute atomic E-state index is 0.123. The van der Waals surface area contributed by atoms with Crippen molar-refractivity contribution in [2.45, 2.75) is 25.7 Å². The van der Waals surface area contributed by atoms with Gasteiger partial charge >= 0.3 is 5.97 Å². The van der Waals surface area contributed by atoms with E-state index in [-0.39, 0.29) is 11.9 Å².